The van der Waals surface area contributed by atoms with Crippen LogP contribution in [0.15, 0.2) is 36.7 Å². The first-order valence-corrected chi connectivity index (χ1v) is 6.88. The van der Waals surface area contributed by atoms with E-state index in [9.17, 15) is 9.59 Å². The van der Waals surface area contributed by atoms with Gasteiger partial charge in [0.2, 0.25) is 0 Å². The topological polar surface area (TPSA) is 96.3 Å². The van der Waals surface area contributed by atoms with Crippen LogP contribution in [0.3, 0.4) is 0 Å². The normalized spacial score (nSPS) is 10.2. The maximum atomic E-state index is 11.7. The number of carboxylic acids is 1. The van der Waals surface area contributed by atoms with Gasteiger partial charge in [-0.3, -0.25) is 0 Å². The number of amides is 2. The lowest BCUT2D eigenvalue weighted by molar-refractivity contribution is 0.0697. The SMILES string of the molecule is Cc1nccn1CCNC(=O)NCc1ccc(C(=O)O)cc1. The quantitative estimate of drug-likeness (QED) is 0.751. The van der Waals surface area contributed by atoms with Crippen molar-refractivity contribution in [3.8, 4) is 0 Å². The summed E-state index contributed by atoms with van der Waals surface area (Å²) in [6.45, 7) is 3.41. The number of carbonyl (C=O) groups excluding carboxylic acids is 1. The molecule has 0 aliphatic rings. The molecule has 0 saturated heterocycles. The Balaban J connectivity index is 1.71. The Morgan fingerprint density at radius 2 is 1.95 bits per heavy atom. The first-order chi connectivity index (χ1) is 10.6. The fourth-order valence-electron chi connectivity index (χ4n) is 1.94. The summed E-state index contributed by atoms with van der Waals surface area (Å²) >= 11 is 0. The van der Waals surface area contributed by atoms with Gasteiger partial charge in [0.15, 0.2) is 0 Å². The van der Waals surface area contributed by atoms with Crippen molar-refractivity contribution in [1.82, 2.24) is 20.2 Å². The van der Waals surface area contributed by atoms with Crippen LogP contribution in [0.5, 0.6) is 0 Å². The molecule has 0 radical (unpaired) electrons. The van der Waals surface area contributed by atoms with E-state index < -0.39 is 5.97 Å². The molecule has 0 aliphatic carbocycles. The van der Waals surface area contributed by atoms with E-state index in [1.807, 2.05) is 17.7 Å². The molecule has 0 bridgehead atoms. The highest BCUT2D eigenvalue weighted by Crippen LogP contribution is 2.04. The zero-order chi connectivity index (χ0) is 15.9. The number of nitrogens with zero attached hydrogens (tertiary/aromatic N) is 2. The zero-order valence-corrected chi connectivity index (χ0v) is 12.2. The predicted octanol–water partition coefficient (Wildman–Crippen LogP) is 1.39. The molecule has 2 aromatic rings. The van der Waals surface area contributed by atoms with E-state index >= 15 is 0 Å². The van der Waals surface area contributed by atoms with E-state index in [2.05, 4.69) is 15.6 Å². The van der Waals surface area contributed by atoms with Crippen LogP contribution in [0.4, 0.5) is 4.79 Å². The van der Waals surface area contributed by atoms with Crippen molar-refractivity contribution in [2.24, 2.45) is 0 Å². The molecule has 7 heteroatoms. The number of aromatic carboxylic acids is 1. The number of carbonyl (C=O) groups is 2. The van der Waals surface area contributed by atoms with Crippen molar-refractivity contribution in [2.45, 2.75) is 20.0 Å². The smallest absolute Gasteiger partial charge is 0.335 e. The summed E-state index contributed by atoms with van der Waals surface area (Å²) in [5.74, 6) is -0.0622. The van der Waals surface area contributed by atoms with Crippen LogP contribution >= 0.6 is 0 Å². The first-order valence-electron chi connectivity index (χ1n) is 6.88. The van der Waals surface area contributed by atoms with E-state index in [1.54, 1.807) is 18.3 Å². The molecule has 7 nitrogen and oxygen atoms in total. The van der Waals surface area contributed by atoms with Crippen molar-refractivity contribution in [3.05, 3.63) is 53.6 Å². The summed E-state index contributed by atoms with van der Waals surface area (Å²) in [6, 6.07) is 6.12. The molecular formula is C15H18N4O3. The Labute approximate surface area is 128 Å². The number of carboxylic acid groups (broad SMARTS) is 1. The number of benzene rings is 1. The van der Waals surface area contributed by atoms with Crippen LogP contribution in [-0.4, -0.2) is 33.2 Å². The number of nitrogens with one attached hydrogen (secondary N) is 2. The molecular weight excluding hydrogens is 284 g/mol. The maximum absolute atomic E-state index is 11.7. The molecule has 2 amide bonds. The average Bonchev–Trinajstić information content (AvgIpc) is 2.91. The third-order valence-corrected chi connectivity index (χ3v) is 3.22. The predicted molar refractivity (Wildman–Crippen MR) is 80.6 cm³/mol. The van der Waals surface area contributed by atoms with Gasteiger partial charge >= 0.3 is 12.0 Å². The minimum atomic E-state index is -0.966. The highest BCUT2D eigenvalue weighted by Gasteiger charge is 2.04. The zero-order valence-electron chi connectivity index (χ0n) is 12.2. The van der Waals surface area contributed by atoms with Gasteiger partial charge in [0, 0.05) is 32.0 Å². The van der Waals surface area contributed by atoms with Crippen molar-refractivity contribution in [3.63, 3.8) is 0 Å². The molecule has 1 heterocycles. The molecule has 1 aromatic carbocycles. The molecule has 0 fully saturated rings. The van der Waals surface area contributed by atoms with Gasteiger partial charge in [0.05, 0.1) is 5.56 Å². The number of imidazole rings is 1. The Hall–Kier alpha value is -2.83. The third-order valence-electron chi connectivity index (χ3n) is 3.22. The Kier molecular flexibility index (Phi) is 5.13. The largest absolute Gasteiger partial charge is 0.478 e. The number of aryl methyl sites for hydroxylation is 1. The van der Waals surface area contributed by atoms with Crippen LogP contribution in [-0.2, 0) is 13.1 Å². The van der Waals surface area contributed by atoms with Gasteiger partial charge in [0.1, 0.15) is 5.82 Å². The minimum Gasteiger partial charge on any atom is -0.478 e. The Bertz CT molecular complexity index is 649. The Morgan fingerprint density at radius 1 is 1.23 bits per heavy atom. The molecule has 0 atom stereocenters. The fourth-order valence-corrected chi connectivity index (χ4v) is 1.94. The van der Waals surface area contributed by atoms with Gasteiger partial charge in [-0.1, -0.05) is 12.1 Å². The van der Waals surface area contributed by atoms with Crippen LogP contribution < -0.4 is 10.6 Å². The molecule has 0 unspecified atom stereocenters. The summed E-state index contributed by atoms with van der Waals surface area (Å²) in [7, 11) is 0. The summed E-state index contributed by atoms with van der Waals surface area (Å²) in [4.78, 5) is 26.5. The van der Waals surface area contributed by atoms with E-state index in [1.165, 1.54) is 12.1 Å². The molecule has 22 heavy (non-hydrogen) atoms. The second-order valence-corrected chi connectivity index (χ2v) is 4.78. The lowest BCUT2D eigenvalue weighted by atomic mass is 10.1. The van der Waals surface area contributed by atoms with Crippen LogP contribution in [0.25, 0.3) is 0 Å². The number of aromatic nitrogens is 2. The minimum absolute atomic E-state index is 0.226. The van der Waals surface area contributed by atoms with Crippen LogP contribution in [0.1, 0.15) is 21.7 Å². The van der Waals surface area contributed by atoms with Gasteiger partial charge in [0.25, 0.3) is 0 Å². The molecule has 0 spiro atoms. The molecule has 2 rings (SSSR count). The highest BCUT2D eigenvalue weighted by atomic mass is 16.4. The summed E-state index contributed by atoms with van der Waals surface area (Å²) < 4.78 is 1.95. The van der Waals surface area contributed by atoms with Crippen LogP contribution in [0, 0.1) is 6.92 Å². The fraction of sp³-hybridized carbons (Fsp3) is 0.267. The first kappa shape index (κ1) is 15.6. The van der Waals surface area contributed by atoms with E-state index in [0.29, 0.717) is 19.6 Å². The second-order valence-electron chi connectivity index (χ2n) is 4.78. The molecule has 0 aliphatic heterocycles. The van der Waals surface area contributed by atoms with Gasteiger partial charge in [-0.2, -0.15) is 0 Å². The lowest BCUT2D eigenvalue weighted by Crippen LogP contribution is -2.36. The second kappa shape index (κ2) is 7.26. The van der Waals surface area contributed by atoms with Gasteiger partial charge in [-0.15, -0.1) is 0 Å². The highest BCUT2D eigenvalue weighted by molar-refractivity contribution is 5.87. The molecule has 1 aromatic heterocycles. The molecule has 116 valence electrons. The monoisotopic (exact) mass is 302 g/mol. The van der Waals surface area contributed by atoms with Gasteiger partial charge in [-0.25, -0.2) is 14.6 Å². The number of hydrogen-bond acceptors (Lipinski definition) is 3. The summed E-state index contributed by atoms with van der Waals surface area (Å²) in [5, 5.41) is 14.3. The molecule has 0 saturated carbocycles. The van der Waals surface area contributed by atoms with Crippen molar-refractivity contribution in [1.29, 1.82) is 0 Å². The Morgan fingerprint density at radius 3 is 2.55 bits per heavy atom. The van der Waals surface area contributed by atoms with Crippen molar-refractivity contribution in [2.75, 3.05) is 6.54 Å². The standard InChI is InChI=1S/C15H18N4O3/c1-11-16-6-8-19(11)9-7-17-15(22)18-10-12-2-4-13(5-3-12)14(20)21/h2-6,8H,7,9-10H2,1H3,(H,20,21)(H2,17,18,22). The number of urea groups is 1. The average molecular weight is 302 g/mol. The number of hydrogen-bond donors (Lipinski definition) is 3. The van der Waals surface area contributed by atoms with Crippen molar-refractivity contribution < 1.29 is 14.7 Å². The summed E-state index contributed by atoms with van der Waals surface area (Å²) in [5.41, 5.74) is 1.06. The maximum Gasteiger partial charge on any atom is 0.335 e. The van der Waals surface area contributed by atoms with Gasteiger partial charge < -0.3 is 20.3 Å². The summed E-state index contributed by atoms with van der Waals surface area (Å²) in [6.07, 6.45) is 3.58. The van der Waals surface area contributed by atoms with Crippen molar-refractivity contribution >= 4 is 12.0 Å². The van der Waals surface area contributed by atoms with E-state index in [4.69, 9.17) is 5.11 Å². The van der Waals surface area contributed by atoms with Gasteiger partial charge in [-0.05, 0) is 24.6 Å². The molecule has 3 N–H and O–H groups in total. The lowest BCUT2D eigenvalue weighted by Gasteiger charge is -2.09. The number of rotatable bonds is 6. The van der Waals surface area contributed by atoms with Crippen LogP contribution in [0.2, 0.25) is 0 Å². The van der Waals surface area contributed by atoms with E-state index in [-0.39, 0.29) is 11.6 Å². The third kappa shape index (κ3) is 4.34. The van der Waals surface area contributed by atoms with E-state index in [0.717, 1.165) is 11.4 Å².